The SMILES string of the molecule is COc1ccccc1C(=O)N1CCCN(C(=O)c2cc3sccc3s2)CC1. The molecule has 0 radical (unpaired) electrons. The van der Waals surface area contributed by atoms with E-state index in [0.717, 1.165) is 20.7 Å². The number of benzene rings is 1. The molecule has 1 fully saturated rings. The first-order chi connectivity index (χ1) is 13.2. The molecule has 27 heavy (non-hydrogen) atoms. The van der Waals surface area contributed by atoms with E-state index in [4.69, 9.17) is 4.74 Å². The normalized spacial score (nSPS) is 15.0. The summed E-state index contributed by atoms with van der Waals surface area (Å²) in [7, 11) is 1.57. The van der Waals surface area contributed by atoms with Gasteiger partial charge in [-0.25, -0.2) is 0 Å². The number of methoxy groups -OCH3 is 1. The molecule has 3 heterocycles. The van der Waals surface area contributed by atoms with Crippen molar-refractivity contribution in [3.8, 4) is 5.75 Å². The summed E-state index contributed by atoms with van der Waals surface area (Å²) in [4.78, 5) is 30.3. The first-order valence-electron chi connectivity index (χ1n) is 8.86. The van der Waals surface area contributed by atoms with Crippen molar-refractivity contribution >= 4 is 43.9 Å². The van der Waals surface area contributed by atoms with Crippen LogP contribution in [0.1, 0.15) is 26.5 Å². The van der Waals surface area contributed by atoms with E-state index in [2.05, 4.69) is 6.07 Å². The highest BCUT2D eigenvalue weighted by atomic mass is 32.1. The molecule has 1 aliphatic heterocycles. The lowest BCUT2D eigenvalue weighted by atomic mass is 10.1. The van der Waals surface area contributed by atoms with Crippen LogP contribution in [0.4, 0.5) is 0 Å². The zero-order valence-corrected chi connectivity index (χ0v) is 16.6. The highest BCUT2D eigenvalue weighted by molar-refractivity contribution is 7.27. The number of ether oxygens (including phenoxy) is 1. The molecule has 0 aliphatic carbocycles. The van der Waals surface area contributed by atoms with Crippen molar-refractivity contribution in [2.75, 3.05) is 33.3 Å². The topological polar surface area (TPSA) is 49.9 Å². The summed E-state index contributed by atoms with van der Waals surface area (Å²) in [6, 6.07) is 11.3. The summed E-state index contributed by atoms with van der Waals surface area (Å²) in [6.07, 6.45) is 0.770. The van der Waals surface area contributed by atoms with Crippen molar-refractivity contribution in [3.05, 3.63) is 52.2 Å². The third-order valence-corrected chi connectivity index (χ3v) is 6.84. The highest BCUT2D eigenvalue weighted by Crippen LogP contribution is 2.31. The molecule has 0 atom stereocenters. The van der Waals surface area contributed by atoms with Crippen LogP contribution in [0.2, 0.25) is 0 Å². The van der Waals surface area contributed by atoms with E-state index in [1.807, 2.05) is 33.4 Å². The molecule has 5 nitrogen and oxygen atoms in total. The van der Waals surface area contributed by atoms with Gasteiger partial charge in [-0.15, -0.1) is 22.7 Å². The third-order valence-electron chi connectivity index (χ3n) is 4.76. The maximum atomic E-state index is 12.9. The highest BCUT2D eigenvalue weighted by Gasteiger charge is 2.25. The van der Waals surface area contributed by atoms with Crippen LogP contribution in [0.25, 0.3) is 9.40 Å². The molecule has 0 spiro atoms. The van der Waals surface area contributed by atoms with E-state index < -0.39 is 0 Å². The molecule has 4 rings (SSSR count). The van der Waals surface area contributed by atoms with Gasteiger partial charge in [-0.3, -0.25) is 9.59 Å². The van der Waals surface area contributed by atoms with Crippen LogP contribution in [0.5, 0.6) is 5.75 Å². The van der Waals surface area contributed by atoms with Crippen LogP contribution in [0, 0.1) is 0 Å². The Morgan fingerprint density at radius 3 is 2.44 bits per heavy atom. The molecule has 7 heteroatoms. The Hall–Kier alpha value is -2.38. The fourth-order valence-electron chi connectivity index (χ4n) is 3.34. The molecule has 2 amide bonds. The van der Waals surface area contributed by atoms with Crippen molar-refractivity contribution < 1.29 is 14.3 Å². The number of rotatable bonds is 3. The molecule has 2 aromatic heterocycles. The van der Waals surface area contributed by atoms with Gasteiger partial charge >= 0.3 is 0 Å². The second-order valence-electron chi connectivity index (χ2n) is 6.40. The smallest absolute Gasteiger partial charge is 0.264 e. The standard InChI is InChI=1S/C20H20N2O3S2/c1-25-15-6-3-2-5-14(15)19(23)21-8-4-9-22(11-10-21)20(24)18-13-17-16(27-18)7-12-26-17/h2-3,5-7,12-13H,4,8-11H2,1H3. The van der Waals surface area contributed by atoms with Crippen molar-refractivity contribution in [2.45, 2.75) is 6.42 Å². The lowest BCUT2D eigenvalue weighted by molar-refractivity contribution is 0.0719. The van der Waals surface area contributed by atoms with Crippen LogP contribution in [-0.2, 0) is 0 Å². The first-order valence-corrected chi connectivity index (χ1v) is 10.6. The van der Waals surface area contributed by atoms with Crippen molar-refractivity contribution in [1.82, 2.24) is 9.80 Å². The summed E-state index contributed by atoms with van der Waals surface area (Å²) in [5.74, 6) is 0.603. The van der Waals surface area contributed by atoms with Crippen LogP contribution in [-0.4, -0.2) is 54.9 Å². The number of carbonyl (C=O) groups is 2. The van der Waals surface area contributed by atoms with Gasteiger partial charge in [0.2, 0.25) is 0 Å². The number of amides is 2. The van der Waals surface area contributed by atoms with E-state index >= 15 is 0 Å². The summed E-state index contributed by atoms with van der Waals surface area (Å²) >= 11 is 3.20. The van der Waals surface area contributed by atoms with Crippen molar-refractivity contribution in [2.24, 2.45) is 0 Å². The van der Waals surface area contributed by atoms with Gasteiger partial charge in [0.25, 0.3) is 11.8 Å². The van der Waals surface area contributed by atoms with Gasteiger partial charge in [0.15, 0.2) is 0 Å². The van der Waals surface area contributed by atoms with E-state index in [1.54, 1.807) is 41.9 Å². The van der Waals surface area contributed by atoms with Gasteiger partial charge in [0.1, 0.15) is 5.75 Å². The lowest BCUT2D eigenvalue weighted by Crippen LogP contribution is -2.37. The number of carbonyl (C=O) groups excluding carboxylic acids is 2. The predicted molar refractivity (Wildman–Crippen MR) is 109 cm³/mol. The molecular formula is C20H20N2O3S2. The maximum absolute atomic E-state index is 12.9. The number of para-hydroxylation sites is 1. The second kappa shape index (κ2) is 7.70. The molecule has 1 aromatic carbocycles. The van der Waals surface area contributed by atoms with Crippen molar-refractivity contribution in [1.29, 1.82) is 0 Å². The van der Waals surface area contributed by atoms with Crippen molar-refractivity contribution in [3.63, 3.8) is 0 Å². The van der Waals surface area contributed by atoms with E-state index in [1.165, 1.54) is 0 Å². The number of hydrogen-bond acceptors (Lipinski definition) is 5. The Labute approximate surface area is 165 Å². The molecule has 140 valence electrons. The predicted octanol–water partition coefficient (Wildman–Crippen LogP) is 3.96. The Balaban J connectivity index is 1.46. The molecule has 1 saturated heterocycles. The minimum Gasteiger partial charge on any atom is -0.496 e. The van der Waals surface area contributed by atoms with Gasteiger partial charge in [0.05, 0.1) is 17.6 Å². The fraction of sp³-hybridized carbons (Fsp3) is 0.300. The lowest BCUT2D eigenvalue weighted by Gasteiger charge is -2.22. The third kappa shape index (κ3) is 3.57. The van der Waals surface area contributed by atoms with Gasteiger partial charge in [-0.1, -0.05) is 12.1 Å². The Morgan fingerprint density at radius 1 is 0.963 bits per heavy atom. The fourth-order valence-corrected chi connectivity index (χ4v) is 5.42. The minimum absolute atomic E-state index is 0.0432. The average Bonchev–Trinajstić information content (AvgIpc) is 3.21. The molecule has 0 unspecified atom stereocenters. The average molecular weight is 401 g/mol. The number of fused-ring (bicyclic) bond motifs is 1. The zero-order chi connectivity index (χ0) is 18.8. The monoisotopic (exact) mass is 400 g/mol. The quantitative estimate of drug-likeness (QED) is 0.669. The number of thiophene rings is 2. The van der Waals surface area contributed by atoms with E-state index in [-0.39, 0.29) is 11.8 Å². The summed E-state index contributed by atoms with van der Waals surface area (Å²) in [6.45, 7) is 2.38. The molecule has 0 saturated carbocycles. The Bertz CT molecular complexity index is 950. The summed E-state index contributed by atoms with van der Waals surface area (Å²) < 4.78 is 7.63. The van der Waals surface area contributed by atoms with Gasteiger partial charge in [-0.2, -0.15) is 0 Å². The van der Waals surface area contributed by atoms with Gasteiger partial charge in [0, 0.05) is 35.6 Å². The van der Waals surface area contributed by atoms with E-state index in [0.29, 0.717) is 37.5 Å². The number of hydrogen-bond donors (Lipinski definition) is 0. The van der Waals surface area contributed by atoms with Crippen LogP contribution in [0.15, 0.2) is 41.8 Å². The first kappa shape index (κ1) is 18.0. The summed E-state index contributed by atoms with van der Waals surface area (Å²) in [5, 5.41) is 2.04. The van der Waals surface area contributed by atoms with Crippen LogP contribution in [0.3, 0.4) is 0 Å². The largest absolute Gasteiger partial charge is 0.496 e. The molecule has 3 aromatic rings. The van der Waals surface area contributed by atoms with Gasteiger partial charge < -0.3 is 14.5 Å². The summed E-state index contributed by atoms with van der Waals surface area (Å²) in [5.41, 5.74) is 0.568. The molecular weight excluding hydrogens is 380 g/mol. The zero-order valence-electron chi connectivity index (χ0n) is 15.0. The maximum Gasteiger partial charge on any atom is 0.264 e. The molecule has 0 bridgehead atoms. The number of nitrogens with zero attached hydrogens (tertiary/aromatic N) is 2. The minimum atomic E-state index is -0.0432. The molecule has 1 aliphatic rings. The second-order valence-corrected chi connectivity index (χ2v) is 8.43. The van der Waals surface area contributed by atoms with E-state index in [9.17, 15) is 9.59 Å². The Kier molecular flexibility index (Phi) is 5.13. The van der Waals surface area contributed by atoms with Crippen LogP contribution >= 0.6 is 22.7 Å². The molecule has 0 N–H and O–H groups in total. The van der Waals surface area contributed by atoms with Crippen LogP contribution < -0.4 is 4.74 Å². The Morgan fingerprint density at radius 2 is 1.70 bits per heavy atom. The van der Waals surface area contributed by atoms with Gasteiger partial charge in [-0.05, 0) is 36.1 Å².